The van der Waals surface area contributed by atoms with Gasteiger partial charge in [-0.1, -0.05) is 0 Å². The maximum Gasteiger partial charge on any atom is 2.00 e. The van der Waals surface area contributed by atoms with Crippen molar-refractivity contribution < 1.29 is 50.6 Å². The van der Waals surface area contributed by atoms with Crippen LogP contribution >= 0.6 is 0 Å². The van der Waals surface area contributed by atoms with Crippen LogP contribution in [0, 0.1) is 35.5 Å². The molecule has 0 N–H and O–H groups in total. The first-order valence-electron chi connectivity index (χ1n) is 0.671. The van der Waals surface area contributed by atoms with Crippen LogP contribution in [-0.4, -0.2) is 0 Å². The molecule has 0 unspecified atom stereocenters. The van der Waals surface area contributed by atoms with E-state index < -0.39 is 0 Å². The Kier molecular flexibility index (Phi) is 56700. The van der Waals surface area contributed by atoms with E-state index in [-0.39, 0.29) is 50.6 Å². The Morgan fingerprint density at radius 3 is 0.625 bits per heavy atom. The molecule has 0 fully saturated rings. The van der Waals surface area contributed by atoms with Gasteiger partial charge in [0.2, 0.25) is 0 Å². The van der Waals surface area contributed by atoms with Gasteiger partial charge in [-0.2, -0.15) is 0 Å². The van der Waals surface area contributed by atoms with Crippen molar-refractivity contribution in [2.75, 3.05) is 0 Å². The third kappa shape index (κ3) is 6540. The van der Waals surface area contributed by atoms with E-state index in [1.54, 1.807) is 0 Å². The van der Waals surface area contributed by atoms with Crippen molar-refractivity contribution in [2.45, 2.75) is 0 Å². The zero-order valence-corrected chi connectivity index (χ0v) is 8.43. The summed E-state index contributed by atoms with van der Waals surface area (Å²) in [6.45, 7) is 14.2. The number of hydrogen-bond donors (Lipinski definition) is 0. The maximum atomic E-state index is 6.25. The van der Waals surface area contributed by atoms with Gasteiger partial charge in [0.25, 0.3) is 0 Å². The average Bonchev–Trinajstić information content (AvgIpc) is 1.81. The molecule has 0 saturated carbocycles. The zero-order chi connectivity index (χ0) is 6.00. The zero-order valence-electron chi connectivity index (χ0n) is 4.16. The van der Waals surface area contributed by atoms with Crippen LogP contribution in [0.25, 0.3) is 0 Å². The van der Waals surface area contributed by atoms with Crippen molar-refractivity contribution in [3.63, 3.8) is 0 Å². The summed E-state index contributed by atoms with van der Waals surface area (Å²) in [4.78, 5) is 0. The third-order valence-corrected chi connectivity index (χ3v) is 0. The smallest absolute Gasteiger partial charge is 0.512 e. The van der Waals surface area contributed by atoms with Gasteiger partial charge in [0, 0.05) is 0 Å². The molecule has 0 aromatic carbocycles. The first-order valence-corrected chi connectivity index (χ1v) is 0.671. The molecule has 5 heteroatoms. The third-order valence-electron chi connectivity index (χ3n) is 0. The van der Waals surface area contributed by atoms with Crippen molar-refractivity contribution in [1.82, 2.24) is 0 Å². The fourth-order valence-electron chi connectivity index (χ4n) is 0. The Hall–Kier alpha value is 0.158. The van der Waals surface area contributed by atoms with E-state index in [0.717, 1.165) is 0 Å². The van der Waals surface area contributed by atoms with Crippen LogP contribution in [0.15, 0.2) is 0 Å². The molecule has 0 spiro atoms. The van der Waals surface area contributed by atoms with E-state index in [4.69, 9.17) is 35.5 Å². The van der Waals surface area contributed by atoms with E-state index in [2.05, 4.69) is 0 Å². The topological polar surface area (TPSA) is 71.4 Å². The van der Waals surface area contributed by atoms with Gasteiger partial charge in [-0.25, -0.2) is 0 Å². The SMILES string of the molecule is [C-]#N.[C-]#N.[C-]#N.[Na+].[Pt+2]. The molecular formula is C3N3NaPt. The van der Waals surface area contributed by atoms with Crippen LogP contribution in [0.4, 0.5) is 0 Å². The normalized spacial score (nSPS) is 0.750. The first kappa shape index (κ1) is 41.9. The average molecular weight is 296 g/mol. The summed E-state index contributed by atoms with van der Waals surface area (Å²) in [6.07, 6.45) is 0. The quantitative estimate of drug-likeness (QED) is 0.360. The summed E-state index contributed by atoms with van der Waals surface area (Å²) in [5, 5.41) is 18.8. The molecule has 0 aromatic rings. The molecule has 0 atom stereocenters. The van der Waals surface area contributed by atoms with Crippen molar-refractivity contribution in [2.24, 2.45) is 0 Å². The second-order valence-electron chi connectivity index (χ2n) is 0. The molecule has 0 saturated heterocycles. The Labute approximate surface area is 85.5 Å². The van der Waals surface area contributed by atoms with Gasteiger partial charge in [0.1, 0.15) is 0 Å². The Morgan fingerprint density at radius 2 is 0.625 bits per heavy atom. The molecule has 0 aliphatic rings. The standard InChI is InChI=1S/3CN.Na.Pt/c3*1-2;;/q3*-1;+1;+2. The minimum atomic E-state index is 0. The van der Waals surface area contributed by atoms with Gasteiger partial charge in [0.15, 0.2) is 0 Å². The summed E-state index contributed by atoms with van der Waals surface area (Å²) in [5.74, 6) is 0. The molecule has 0 rings (SSSR count). The van der Waals surface area contributed by atoms with Crippen molar-refractivity contribution >= 4 is 0 Å². The van der Waals surface area contributed by atoms with Crippen LogP contribution < -0.4 is 29.6 Å². The van der Waals surface area contributed by atoms with Gasteiger partial charge in [0.05, 0.1) is 0 Å². The summed E-state index contributed by atoms with van der Waals surface area (Å²) >= 11 is 0. The molecule has 0 radical (unpaired) electrons. The van der Waals surface area contributed by atoms with Crippen LogP contribution in [0.5, 0.6) is 0 Å². The second-order valence-corrected chi connectivity index (χ2v) is 0. The predicted molar refractivity (Wildman–Crippen MR) is 14.9 cm³/mol. The molecule has 38 valence electrons. The predicted octanol–water partition coefficient (Wildman–Crippen LogP) is -2.71. The van der Waals surface area contributed by atoms with E-state index >= 15 is 0 Å². The molecule has 0 bridgehead atoms. The molecule has 0 amide bonds. The van der Waals surface area contributed by atoms with Crippen molar-refractivity contribution in [1.29, 1.82) is 15.8 Å². The van der Waals surface area contributed by atoms with E-state index in [0.29, 0.717) is 0 Å². The van der Waals surface area contributed by atoms with Gasteiger partial charge in [-0.3, -0.25) is 0 Å². The van der Waals surface area contributed by atoms with Crippen LogP contribution in [0.3, 0.4) is 0 Å². The van der Waals surface area contributed by atoms with Gasteiger partial charge < -0.3 is 35.5 Å². The molecule has 0 aromatic heterocycles. The Morgan fingerprint density at radius 1 is 0.625 bits per heavy atom. The molecule has 3 nitrogen and oxygen atoms in total. The number of nitrogens with zero attached hydrogens (tertiary/aromatic N) is 3. The monoisotopic (exact) mass is 296 g/mol. The van der Waals surface area contributed by atoms with E-state index in [9.17, 15) is 0 Å². The Balaban J connectivity index is -0.00000000500. The summed E-state index contributed by atoms with van der Waals surface area (Å²) in [5.41, 5.74) is 0. The molecule has 0 aliphatic heterocycles. The number of hydrogen-bond acceptors (Lipinski definition) is 3. The van der Waals surface area contributed by atoms with Crippen LogP contribution in [-0.2, 0) is 21.1 Å². The minimum Gasteiger partial charge on any atom is -0.512 e. The van der Waals surface area contributed by atoms with E-state index in [1.165, 1.54) is 0 Å². The minimum absolute atomic E-state index is 0. The van der Waals surface area contributed by atoms with Crippen LogP contribution in [0.1, 0.15) is 0 Å². The molecule has 0 aliphatic carbocycles. The molecule has 0 heterocycles. The van der Waals surface area contributed by atoms with Gasteiger partial charge >= 0.3 is 50.6 Å². The second kappa shape index (κ2) is 10800. The molecular weight excluding hydrogens is 296 g/mol. The summed E-state index contributed by atoms with van der Waals surface area (Å²) < 4.78 is 0. The Bertz CT molecular complexity index is 43.0. The van der Waals surface area contributed by atoms with E-state index in [1.807, 2.05) is 0 Å². The maximum absolute atomic E-state index is 6.25. The van der Waals surface area contributed by atoms with Crippen LogP contribution in [0.2, 0.25) is 0 Å². The van der Waals surface area contributed by atoms with Gasteiger partial charge in [-0.05, 0) is 0 Å². The number of rotatable bonds is 0. The first-order chi connectivity index (χ1) is 3.00. The van der Waals surface area contributed by atoms with Gasteiger partial charge in [-0.15, -0.1) is 0 Å². The molecule has 8 heavy (non-hydrogen) atoms. The summed E-state index contributed by atoms with van der Waals surface area (Å²) in [7, 11) is 0. The largest absolute Gasteiger partial charge is 2.00 e. The fourth-order valence-corrected chi connectivity index (χ4v) is 0. The summed E-state index contributed by atoms with van der Waals surface area (Å²) in [6, 6.07) is 0. The van der Waals surface area contributed by atoms with Crippen molar-refractivity contribution in [3.8, 4) is 0 Å². The van der Waals surface area contributed by atoms with Crippen molar-refractivity contribution in [3.05, 3.63) is 19.7 Å². The fraction of sp³-hybridized carbons (Fsp3) is 0.